The molecule has 28 heavy (non-hydrogen) atoms. The van der Waals surface area contributed by atoms with Crippen molar-refractivity contribution in [3.8, 4) is 0 Å². The summed E-state index contributed by atoms with van der Waals surface area (Å²) in [6.45, 7) is 5.38. The minimum Gasteiger partial charge on any atom is -0.458 e. The van der Waals surface area contributed by atoms with Crippen LogP contribution in [0.25, 0.3) is 11.0 Å². The van der Waals surface area contributed by atoms with Crippen LogP contribution in [-0.4, -0.2) is 46.3 Å². The SMILES string of the molecule is CC1CCCC(C)N1C(=O)CN1C(=O)NC(C)(c2cc3ccccc3o2)C1=O. The summed E-state index contributed by atoms with van der Waals surface area (Å²) in [7, 11) is 0. The van der Waals surface area contributed by atoms with Crippen molar-refractivity contribution in [3.63, 3.8) is 0 Å². The lowest BCUT2D eigenvalue weighted by Gasteiger charge is -2.39. The Morgan fingerprint density at radius 2 is 1.89 bits per heavy atom. The summed E-state index contributed by atoms with van der Waals surface area (Å²) in [6.07, 6.45) is 2.96. The molecule has 3 atom stereocenters. The number of carbonyl (C=O) groups excluding carboxylic acids is 3. The molecular weight excluding hydrogens is 358 g/mol. The smallest absolute Gasteiger partial charge is 0.325 e. The fourth-order valence-electron chi connectivity index (χ4n) is 4.37. The standard InChI is InChI=1S/C21H25N3O4/c1-13-7-6-8-14(2)24(13)18(25)12-23-19(26)21(3,22-20(23)27)17-11-15-9-4-5-10-16(15)28-17/h4-5,9-11,13-14H,6-8,12H2,1-3H3,(H,22,27). The monoisotopic (exact) mass is 383 g/mol. The molecule has 4 amide bonds. The quantitative estimate of drug-likeness (QED) is 0.826. The summed E-state index contributed by atoms with van der Waals surface area (Å²) in [5, 5.41) is 3.56. The molecule has 3 heterocycles. The van der Waals surface area contributed by atoms with Gasteiger partial charge in [-0.05, 0) is 52.2 Å². The summed E-state index contributed by atoms with van der Waals surface area (Å²) in [5.41, 5.74) is -0.679. The van der Waals surface area contributed by atoms with Crippen molar-refractivity contribution in [2.24, 2.45) is 0 Å². The van der Waals surface area contributed by atoms with Crippen LogP contribution in [0.3, 0.4) is 0 Å². The van der Waals surface area contributed by atoms with Crippen molar-refractivity contribution in [3.05, 3.63) is 36.1 Å². The van der Waals surface area contributed by atoms with Gasteiger partial charge >= 0.3 is 6.03 Å². The highest BCUT2D eigenvalue weighted by molar-refractivity contribution is 6.09. The first-order chi connectivity index (χ1) is 13.3. The van der Waals surface area contributed by atoms with Gasteiger partial charge in [-0.2, -0.15) is 0 Å². The van der Waals surface area contributed by atoms with Crippen molar-refractivity contribution in [1.29, 1.82) is 0 Å². The third-order valence-corrected chi connectivity index (χ3v) is 5.97. The molecule has 4 rings (SSSR count). The number of nitrogens with one attached hydrogen (secondary N) is 1. The van der Waals surface area contributed by atoms with Crippen LogP contribution in [0.4, 0.5) is 4.79 Å². The molecule has 7 heteroatoms. The number of likely N-dealkylation sites (tertiary alicyclic amines) is 1. The van der Waals surface area contributed by atoms with Crippen molar-refractivity contribution >= 4 is 28.8 Å². The van der Waals surface area contributed by atoms with Gasteiger partial charge in [-0.15, -0.1) is 0 Å². The highest BCUT2D eigenvalue weighted by Gasteiger charge is 2.52. The lowest BCUT2D eigenvalue weighted by molar-refractivity contribution is -0.142. The molecule has 2 aliphatic heterocycles. The molecule has 2 aromatic rings. The zero-order valence-corrected chi connectivity index (χ0v) is 16.4. The Labute approximate surface area is 163 Å². The van der Waals surface area contributed by atoms with Crippen LogP contribution in [0.1, 0.15) is 45.8 Å². The topological polar surface area (TPSA) is 82.9 Å². The molecule has 1 N–H and O–H groups in total. The first kappa shape index (κ1) is 18.5. The predicted molar refractivity (Wildman–Crippen MR) is 103 cm³/mol. The fourth-order valence-corrected chi connectivity index (χ4v) is 4.37. The normalized spacial score (nSPS) is 28.1. The van der Waals surface area contributed by atoms with Gasteiger partial charge in [0.05, 0.1) is 0 Å². The molecule has 1 aromatic carbocycles. The zero-order chi connectivity index (χ0) is 20.1. The molecule has 0 saturated carbocycles. The predicted octanol–water partition coefficient (Wildman–Crippen LogP) is 2.99. The Bertz CT molecular complexity index is 909. The largest absolute Gasteiger partial charge is 0.458 e. The summed E-state index contributed by atoms with van der Waals surface area (Å²) >= 11 is 0. The Balaban J connectivity index is 1.57. The number of imide groups is 1. The summed E-state index contributed by atoms with van der Waals surface area (Å²) < 4.78 is 5.82. The Morgan fingerprint density at radius 1 is 1.21 bits per heavy atom. The lowest BCUT2D eigenvalue weighted by Crippen LogP contribution is -2.52. The zero-order valence-electron chi connectivity index (χ0n) is 16.4. The molecule has 2 aliphatic rings. The van der Waals surface area contributed by atoms with E-state index in [2.05, 4.69) is 5.32 Å². The van der Waals surface area contributed by atoms with Gasteiger partial charge in [-0.3, -0.25) is 14.5 Å². The van der Waals surface area contributed by atoms with Crippen LogP contribution in [-0.2, 0) is 15.1 Å². The molecule has 148 valence electrons. The number of hydrogen-bond acceptors (Lipinski definition) is 4. The highest BCUT2D eigenvalue weighted by atomic mass is 16.3. The van der Waals surface area contributed by atoms with E-state index in [9.17, 15) is 14.4 Å². The number of piperidine rings is 1. The first-order valence-electron chi connectivity index (χ1n) is 9.75. The van der Waals surface area contributed by atoms with E-state index in [1.807, 2.05) is 38.1 Å². The van der Waals surface area contributed by atoms with Gasteiger partial charge < -0.3 is 14.6 Å². The van der Waals surface area contributed by atoms with Crippen LogP contribution in [0.15, 0.2) is 34.7 Å². The minimum absolute atomic E-state index is 0.110. The van der Waals surface area contributed by atoms with Gasteiger partial charge in [0, 0.05) is 17.5 Å². The third kappa shape index (κ3) is 2.85. The Morgan fingerprint density at radius 3 is 2.57 bits per heavy atom. The van der Waals surface area contributed by atoms with Gasteiger partial charge in [-0.25, -0.2) is 4.79 Å². The van der Waals surface area contributed by atoms with Crippen LogP contribution >= 0.6 is 0 Å². The van der Waals surface area contributed by atoms with E-state index in [0.29, 0.717) is 11.3 Å². The van der Waals surface area contributed by atoms with Crippen LogP contribution < -0.4 is 5.32 Å². The number of para-hydroxylation sites is 1. The molecule has 3 unspecified atom stereocenters. The second-order valence-corrected chi connectivity index (χ2v) is 8.02. The second-order valence-electron chi connectivity index (χ2n) is 8.02. The summed E-state index contributed by atoms with van der Waals surface area (Å²) in [6, 6.07) is 8.82. The average Bonchev–Trinajstić information content (AvgIpc) is 3.18. The molecule has 2 saturated heterocycles. The van der Waals surface area contributed by atoms with Gasteiger partial charge in [0.1, 0.15) is 17.9 Å². The van der Waals surface area contributed by atoms with Crippen molar-refractivity contribution < 1.29 is 18.8 Å². The molecule has 7 nitrogen and oxygen atoms in total. The van der Waals surface area contributed by atoms with Crippen molar-refractivity contribution in [2.45, 2.75) is 57.7 Å². The Hall–Kier alpha value is -2.83. The lowest BCUT2D eigenvalue weighted by atomic mass is 9.97. The van der Waals surface area contributed by atoms with Gasteiger partial charge in [0.25, 0.3) is 5.91 Å². The van der Waals surface area contributed by atoms with E-state index in [0.717, 1.165) is 29.5 Å². The molecule has 1 aromatic heterocycles. The maximum absolute atomic E-state index is 13.1. The summed E-state index contributed by atoms with van der Waals surface area (Å²) in [5.74, 6) is -0.305. The fraction of sp³-hybridized carbons (Fsp3) is 0.476. The summed E-state index contributed by atoms with van der Waals surface area (Å²) in [4.78, 5) is 41.4. The number of rotatable bonds is 3. The van der Waals surface area contributed by atoms with E-state index in [1.165, 1.54) is 0 Å². The maximum Gasteiger partial charge on any atom is 0.325 e. The number of urea groups is 1. The number of carbonyl (C=O) groups is 3. The third-order valence-electron chi connectivity index (χ3n) is 5.97. The number of amides is 4. The molecular formula is C21H25N3O4. The molecule has 0 spiro atoms. The van der Waals surface area contributed by atoms with E-state index >= 15 is 0 Å². The molecule has 2 fully saturated rings. The van der Waals surface area contributed by atoms with Crippen molar-refractivity contribution in [2.75, 3.05) is 6.54 Å². The highest BCUT2D eigenvalue weighted by Crippen LogP contribution is 2.33. The number of furan rings is 1. The minimum atomic E-state index is -1.32. The van der Waals surface area contributed by atoms with Gasteiger partial charge in [0.2, 0.25) is 5.91 Å². The van der Waals surface area contributed by atoms with Crippen LogP contribution in [0, 0.1) is 0 Å². The van der Waals surface area contributed by atoms with E-state index in [-0.39, 0.29) is 24.5 Å². The van der Waals surface area contributed by atoms with Crippen molar-refractivity contribution in [1.82, 2.24) is 15.1 Å². The number of hydrogen-bond donors (Lipinski definition) is 1. The Kier molecular flexibility index (Phi) is 4.40. The van der Waals surface area contributed by atoms with E-state index in [4.69, 9.17) is 4.42 Å². The molecule has 0 bridgehead atoms. The number of nitrogens with zero attached hydrogens (tertiary/aromatic N) is 2. The number of fused-ring (bicyclic) bond motifs is 1. The van der Waals surface area contributed by atoms with Gasteiger partial charge in [0.15, 0.2) is 5.54 Å². The molecule has 0 radical (unpaired) electrons. The number of benzene rings is 1. The van der Waals surface area contributed by atoms with E-state index < -0.39 is 17.5 Å². The maximum atomic E-state index is 13.1. The first-order valence-corrected chi connectivity index (χ1v) is 9.75. The van der Waals surface area contributed by atoms with E-state index in [1.54, 1.807) is 17.9 Å². The van der Waals surface area contributed by atoms with Crippen LogP contribution in [0.5, 0.6) is 0 Å². The van der Waals surface area contributed by atoms with Crippen LogP contribution in [0.2, 0.25) is 0 Å². The molecule has 0 aliphatic carbocycles. The van der Waals surface area contributed by atoms with Gasteiger partial charge in [-0.1, -0.05) is 18.2 Å². The second kappa shape index (κ2) is 6.65. The average molecular weight is 383 g/mol.